The lowest BCUT2D eigenvalue weighted by atomic mass is 10.0. The summed E-state index contributed by atoms with van der Waals surface area (Å²) < 4.78 is 1.75. The first-order chi connectivity index (χ1) is 9.66. The van der Waals surface area contributed by atoms with E-state index in [0.717, 1.165) is 16.9 Å². The number of hydrogen-bond acceptors (Lipinski definition) is 4. The predicted molar refractivity (Wildman–Crippen MR) is 79.5 cm³/mol. The zero-order valence-corrected chi connectivity index (χ0v) is 11.8. The minimum absolute atomic E-state index is 0.175. The molecule has 0 fully saturated rings. The van der Waals surface area contributed by atoms with E-state index in [4.69, 9.17) is 0 Å². The molecule has 2 heterocycles. The van der Waals surface area contributed by atoms with Gasteiger partial charge in [-0.25, -0.2) is 9.97 Å². The summed E-state index contributed by atoms with van der Waals surface area (Å²) in [5, 5.41) is 8.62. The number of nitrogens with one attached hydrogen (secondary N) is 1. The molecule has 0 saturated carbocycles. The van der Waals surface area contributed by atoms with Crippen LogP contribution in [0.25, 0.3) is 11.0 Å². The Kier molecular flexibility index (Phi) is 3.10. The van der Waals surface area contributed by atoms with Gasteiger partial charge in [-0.3, -0.25) is 4.68 Å². The van der Waals surface area contributed by atoms with Crippen LogP contribution in [-0.4, -0.2) is 19.7 Å². The molecule has 3 rings (SSSR count). The summed E-state index contributed by atoms with van der Waals surface area (Å²) in [5.41, 5.74) is 3.37. The number of benzene rings is 1. The van der Waals surface area contributed by atoms with E-state index in [-0.39, 0.29) is 6.04 Å². The van der Waals surface area contributed by atoms with E-state index >= 15 is 0 Å². The molecule has 0 amide bonds. The van der Waals surface area contributed by atoms with Crippen molar-refractivity contribution in [2.45, 2.75) is 19.9 Å². The Morgan fingerprint density at radius 3 is 2.80 bits per heavy atom. The highest BCUT2D eigenvalue weighted by molar-refractivity contribution is 5.86. The number of aromatic nitrogens is 4. The number of nitrogens with zero attached hydrogens (tertiary/aromatic N) is 4. The van der Waals surface area contributed by atoms with Crippen molar-refractivity contribution in [3.05, 3.63) is 47.9 Å². The van der Waals surface area contributed by atoms with Crippen LogP contribution in [0.4, 0.5) is 5.82 Å². The van der Waals surface area contributed by atoms with Crippen LogP contribution in [0.1, 0.15) is 24.1 Å². The summed E-state index contributed by atoms with van der Waals surface area (Å²) in [6.07, 6.45) is 3.36. The van der Waals surface area contributed by atoms with Gasteiger partial charge in [0.15, 0.2) is 5.65 Å². The Labute approximate surface area is 117 Å². The molecular formula is C15H17N5. The van der Waals surface area contributed by atoms with Crippen LogP contribution in [0.5, 0.6) is 0 Å². The molecule has 0 aliphatic carbocycles. The Morgan fingerprint density at radius 1 is 1.20 bits per heavy atom. The van der Waals surface area contributed by atoms with Gasteiger partial charge in [0, 0.05) is 7.05 Å². The normalized spacial score (nSPS) is 12.6. The van der Waals surface area contributed by atoms with E-state index in [9.17, 15) is 0 Å². The van der Waals surface area contributed by atoms with E-state index in [0.29, 0.717) is 0 Å². The molecule has 5 nitrogen and oxygen atoms in total. The van der Waals surface area contributed by atoms with Gasteiger partial charge in [0.2, 0.25) is 0 Å². The number of rotatable bonds is 3. The van der Waals surface area contributed by atoms with E-state index in [2.05, 4.69) is 58.5 Å². The van der Waals surface area contributed by atoms with Crippen molar-refractivity contribution in [2.75, 3.05) is 5.32 Å². The Bertz CT molecular complexity index is 747. The third kappa shape index (κ3) is 2.11. The monoisotopic (exact) mass is 267 g/mol. The third-order valence-electron chi connectivity index (χ3n) is 3.54. The highest BCUT2D eigenvalue weighted by atomic mass is 15.3. The van der Waals surface area contributed by atoms with Gasteiger partial charge in [-0.2, -0.15) is 5.10 Å². The molecule has 1 aromatic carbocycles. The van der Waals surface area contributed by atoms with Gasteiger partial charge in [0.25, 0.3) is 0 Å². The Balaban J connectivity index is 1.95. The van der Waals surface area contributed by atoms with Crippen LogP contribution in [0.3, 0.4) is 0 Å². The van der Waals surface area contributed by atoms with Gasteiger partial charge in [-0.1, -0.05) is 24.3 Å². The molecule has 2 aromatic heterocycles. The summed E-state index contributed by atoms with van der Waals surface area (Å²) in [6, 6.07) is 8.53. The van der Waals surface area contributed by atoms with Crippen LogP contribution in [0, 0.1) is 6.92 Å². The fraction of sp³-hybridized carbons (Fsp3) is 0.267. The summed E-state index contributed by atoms with van der Waals surface area (Å²) >= 11 is 0. The summed E-state index contributed by atoms with van der Waals surface area (Å²) in [7, 11) is 1.88. The first kappa shape index (κ1) is 12.6. The van der Waals surface area contributed by atoms with E-state index in [1.54, 1.807) is 17.2 Å². The predicted octanol–water partition coefficient (Wildman–Crippen LogP) is 2.84. The lowest BCUT2D eigenvalue weighted by Gasteiger charge is -2.17. The molecule has 0 aliphatic heterocycles. The number of fused-ring (bicyclic) bond motifs is 1. The van der Waals surface area contributed by atoms with Gasteiger partial charge in [0.05, 0.1) is 17.6 Å². The fourth-order valence-electron chi connectivity index (χ4n) is 2.43. The Hall–Kier alpha value is -2.43. The first-order valence-corrected chi connectivity index (χ1v) is 6.61. The molecule has 0 spiro atoms. The molecule has 0 aliphatic rings. The smallest absolute Gasteiger partial charge is 0.163 e. The summed E-state index contributed by atoms with van der Waals surface area (Å²) in [5.74, 6) is 0.818. The van der Waals surface area contributed by atoms with Crippen molar-refractivity contribution >= 4 is 16.9 Å². The molecule has 1 unspecified atom stereocenters. The van der Waals surface area contributed by atoms with Crippen molar-refractivity contribution in [2.24, 2.45) is 7.05 Å². The standard InChI is InChI=1S/C15H17N5/c1-10-6-4-5-7-12(10)11(2)19-14-13-8-18-20(3)15(13)17-9-16-14/h4-9,11H,1-3H3,(H,16,17,19). The molecule has 0 bridgehead atoms. The highest BCUT2D eigenvalue weighted by Crippen LogP contribution is 2.24. The van der Waals surface area contributed by atoms with Gasteiger partial charge >= 0.3 is 0 Å². The van der Waals surface area contributed by atoms with E-state index in [1.807, 2.05) is 7.05 Å². The fourth-order valence-corrected chi connectivity index (χ4v) is 2.43. The molecule has 20 heavy (non-hydrogen) atoms. The topological polar surface area (TPSA) is 55.6 Å². The second-order valence-electron chi connectivity index (χ2n) is 4.95. The van der Waals surface area contributed by atoms with Crippen LogP contribution in [0.15, 0.2) is 36.8 Å². The van der Waals surface area contributed by atoms with Crippen molar-refractivity contribution in [1.82, 2.24) is 19.7 Å². The largest absolute Gasteiger partial charge is 0.363 e. The lowest BCUT2D eigenvalue weighted by Crippen LogP contribution is -2.09. The SMILES string of the molecule is Cc1ccccc1C(C)Nc1ncnc2c1cnn2C. The second kappa shape index (κ2) is 4.92. The molecular weight excluding hydrogens is 250 g/mol. The average molecular weight is 267 g/mol. The van der Waals surface area contributed by atoms with Gasteiger partial charge in [0.1, 0.15) is 12.1 Å². The maximum atomic E-state index is 4.34. The van der Waals surface area contributed by atoms with Gasteiger partial charge < -0.3 is 5.32 Å². The van der Waals surface area contributed by atoms with Crippen LogP contribution >= 0.6 is 0 Å². The Morgan fingerprint density at radius 2 is 2.00 bits per heavy atom. The lowest BCUT2D eigenvalue weighted by molar-refractivity contribution is 0.785. The molecule has 1 N–H and O–H groups in total. The van der Waals surface area contributed by atoms with Gasteiger partial charge in [-0.05, 0) is 25.0 Å². The maximum Gasteiger partial charge on any atom is 0.163 e. The van der Waals surface area contributed by atoms with Gasteiger partial charge in [-0.15, -0.1) is 0 Å². The van der Waals surface area contributed by atoms with Crippen molar-refractivity contribution in [3.8, 4) is 0 Å². The molecule has 1 atom stereocenters. The van der Waals surface area contributed by atoms with E-state index in [1.165, 1.54) is 11.1 Å². The summed E-state index contributed by atoms with van der Waals surface area (Å²) in [4.78, 5) is 8.59. The van der Waals surface area contributed by atoms with Crippen molar-refractivity contribution in [3.63, 3.8) is 0 Å². The average Bonchev–Trinajstić information content (AvgIpc) is 2.82. The quantitative estimate of drug-likeness (QED) is 0.792. The highest BCUT2D eigenvalue weighted by Gasteiger charge is 2.12. The first-order valence-electron chi connectivity index (χ1n) is 6.61. The zero-order valence-electron chi connectivity index (χ0n) is 11.8. The number of aryl methyl sites for hydroxylation is 2. The molecule has 5 heteroatoms. The summed E-state index contributed by atoms with van der Waals surface area (Å²) in [6.45, 7) is 4.25. The van der Waals surface area contributed by atoms with Crippen molar-refractivity contribution < 1.29 is 0 Å². The third-order valence-corrected chi connectivity index (χ3v) is 3.54. The molecule has 0 radical (unpaired) electrons. The van der Waals surface area contributed by atoms with Crippen LogP contribution in [0.2, 0.25) is 0 Å². The molecule has 0 saturated heterocycles. The van der Waals surface area contributed by atoms with Crippen LogP contribution < -0.4 is 5.32 Å². The second-order valence-corrected chi connectivity index (χ2v) is 4.95. The number of hydrogen-bond donors (Lipinski definition) is 1. The van der Waals surface area contributed by atoms with E-state index < -0.39 is 0 Å². The van der Waals surface area contributed by atoms with Crippen LogP contribution in [-0.2, 0) is 7.05 Å². The molecule has 3 aromatic rings. The maximum absolute atomic E-state index is 4.34. The number of anilines is 1. The molecule has 102 valence electrons. The minimum atomic E-state index is 0.175. The minimum Gasteiger partial charge on any atom is -0.363 e. The zero-order chi connectivity index (χ0) is 14.1. The van der Waals surface area contributed by atoms with Crippen molar-refractivity contribution in [1.29, 1.82) is 0 Å².